The molecular formula is C15H16F3NO5. The third-order valence-corrected chi connectivity index (χ3v) is 3.83. The maximum atomic E-state index is 12.9. The Kier molecular flexibility index (Phi) is 5.20. The molecule has 2 atom stereocenters. The minimum Gasteiger partial charge on any atom is -0.493 e. The van der Waals surface area contributed by atoms with E-state index in [0.717, 1.165) is 4.90 Å². The largest absolute Gasteiger partial charge is 0.493 e. The zero-order chi connectivity index (χ0) is 17.9. The van der Waals surface area contributed by atoms with Gasteiger partial charge in [0.15, 0.2) is 18.1 Å². The fourth-order valence-electron chi connectivity index (χ4n) is 2.56. The molecule has 1 fully saturated rings. The molecule has 132 valence electrons. The van der Waals surface area contributed by atoms with E-state index in [0.29, 0.717) is 5.75 Å². The number of likely N-dealkylation sites (tertiary alicyclic amines) is 1. The molecule has 6 nitrogen and oxygen atoms in total. The predicted octanol–water partition coefficient (Wildman–Crippen LogP) is 1.80. The molecule has 1 heterocycles. The quantitative estimate of drug-likeness (QED) is 0.879. The van der Waals surface area contributed by atoms with E-state index in [1.165, 1.54) is 7.11 Å². The Balaban J connectivity index is 2.01. The molecule has 2 rings (SSSR count). The summed E-state index contributed by atoms with van der Waals surface area (Å²) in [5.41, 5.74) is 0. The third kappa shape index (κ3) is 3.90. The van der Waals surface area contributed by atoms with Crippen LogP contribution in [0.3, 0.4) is 0 Å². The zero-order valence-corrected chi connectivity index (χ0v) is 12.7. The number of rotatable bonds is 5. The van der Waals surface area contributed by atoms with Gasteiger partial charge in [0.1, 0.15) is 0 Å². The van der Waals surface area contributed by atoms with Gasteiger partial charge in [0.25, 0.3) is 5.91 Å². The molecule has 1 aliphatic heterocycles. The Labute approximate surface area is 135 Å². The number of para-hydroxylation sites is 2. The van der Waals surface area contributed by atoms with Crippen molar-refractivity contribution in [3.05, 3.63) is 24.3 Å². The number of amides is 1. The molecule has 0 unspecified atom stereocenters. The number of carbonyl (C=O) groups is 2. The van der Waals surface area contributed by atoms with E-state index >= 15 is 0 Å². The first-order valence-corrected chi connectivity index (χ1v) is 7.07. The first kappa shape index (κ1) is 17.9. The minimum absolute atomic E-state index is 0.273. The topological polar surface area (TPSA) is 76.1 Å². The Morgan fingerprint density at radius 2 is 1.88 bits per heavy atom. The van der Waals surface area contributed by atoms with E-state index in [2.05, 4.69) is 0 Å². The number of hydrogen-bond donors (Lipinski definition) is 1. The number of halogens is 3. The summed E-state index contributed by atoms with van der Waals surface area (Å²) < 4.78 is 49.0. The summed E-state index contributed by atoms with van der Waals surface area (Å²) >= 11 is 0. The Hall–Kier alpha value is -2.45. The van der Waals surface area contributed by atoms with Gasteiger partial charge in [-0.2, -0.15) is 13.2 Å². The maximum absolute atomic E-state index is 12.9. The number of methoxy groups -OCH3 is 1. The second-order valence-electron chi connectivity index (χ2n) is 5.33. The van der Waals surface area contributed by atoms with Crippen molar-refractivity contribution in [3.63, 3.8) is 0 Å². The van der Waals surface area contributed by atoms with E-state index in [1.807, 2.05) is 0 Å². The second-order valence-corrected chi connectivity index (χ2v) is 5.33. The number of hydrogen-bond acceptors (Lipinski definition) is 4. The average molecular weight is 347 g/mol. The Bertz CT molecular complexity index is 619. The van der Waals surface area contributed by atoms with Crippen LogP contribution in [0.5, 0.6) is 11.5 Å². The van der Waals surface area contributed by atoms with Crippen LogP contribution in [0.2, 0.25) is 0 Å². The van der Waals surface area contributed by atoms with Gasteiger partial charge in [-0.1, -0.05) is 12.1 Å². The van der Waals surface area contributed by atoms with Crippen LogP contribution in [0, 0.1) is 11.8 Å². The molecule has 1 amide bonds. The number of carboxylic acid groups (broad SMARTS) is 1. The van der Waals surface area contributed by atoms with Gasteiger partial charge in [-0.15, -0.1) is 0 Å². The number of aliphatic carboxylic acids is 1. The molecule has 24 heavy (non-hydrogen) atoms. The fraction of sp³-hybridized carbons (Fsp3) is 0.467. The van der Waals surface area contributed by atoms with Gasteiger partial charge >= 0.3 is 12.1 Å². The molecule has 9 heteroatoms. The van der Waals surface area contributed by atoms with Crippen molar-refractivity contribution < 1.29 is 37.3 Å². The monoisotopic (exact) mass is 347 g/mol. The minimum atomic E-state index is -4.68. The molecule has 0 saturated carbocycles. The molecule has 0 bridgehead atoms. The highest BCUT2D eigenvalue weighted by Crippen LogP contribution is 2.37. The highest BCUT2D eigenvalue weighted by Gasteiger charge is 2.53. The number of nitrogens with zero attached hydrogens (tertiary/aromatic N) is 1. The van der Waals surface area contributed by atoms with Gasteiger partial charge in [-0.3, -0.25) is 9.59 Å². The van der Waals surface area contributed by atoms with Crippen LogP contribution in [0.4, 0.5) is 13.2 Å². The molecule has 0 radical (unpaired) electrons. The zero-order valence-electron chi connectivity index (χ0n) is 12.7. The molecule has 0 spiro atoms. The van der Waals surface area contributed by atoms with Crippen molar-refractivity contribution in [1.29, 1.82) is 0 Å². The van der Waals surface area contributed by atoms with Gasteiger partial charge in [-0.05, 0) is 12.1 Å². The van der Waals surface area contributed by atoms with Gasteiger partial charge in [-0.25, -0.2) is 0 Å². The molecule has 1 aromatic carbocycles. The number of benzene rings is 1. The number of carboxylic acids is 1. The summed E-state index contributed by atoms with van der Waals surface area (Å²) in [5, 5.41) is 8.94. The van der Waals surface area contributed by atoms with Crippen molar-refractivity contribution in [2.75, 3.05) is 26.8 Å². The standard InChI is InChI=1S/C15H16F3NO5/c1-23-11-4-2-3-5-12(11)24-8-13(20)19-6-9(14(21)22)10(7-19)15(16,17)18/h2-5,9-10H,6-8H2,1H3,(H,21,22)/t9-,10-/m1/s1. The highest BCUT2D eigenvalue weighted by molar-refractivity contribution is 5.80. The lowest BCUT2D eigenvalue weighted by Gasteiger charge is -2.18. The van der Waals surface area contributed by atoms with E-state index in [1.54, 1.807) is 24.3 Å². The predicted molar refractivity (Wildman–Crippen MR) is 75.7 cm³/mol. The van der Waals surface area contributed by atoms with Gasteiger partial charge < -0.3 is 19.5 Å². The molecule has 1 aromatic rings. The molecular weight excluding hydrogens is 331 g/mol. The lowest BCUT2D eigenvalue weighted by atomic mass is 9.96. The summed E-state index contributed by atoms with van der Waals surface area (Å²) in [5.74, 6) is -5.37. The van der Waals surface area contributed by atoms with Crippen LogP contribution < -0.4 is 9.47 Å². The summed E-state index contributed by atoms with van der Waals surface area (Å²) in [6, 6.07) is 6.50. The van der Waals surface area contributed by atoms with Crippen molar-refractivity contribution in [2.24, 2.45) is 11.8 Å². The van der Waals surface area contributed by atoms with Gasteiger partial charge in [0, 0.05) is 13.1 Å². The van der Waals surface area contributed by atoms with Crippen molar-refractivity contribution in [3.8, 4) is 11.5 Å². The van der Waals surface area contributed by atoms with Crippen molar-refractivity contribution >= 4 is 11.9 Å². The van der Waals surface area contributed by atoms with E-state index in [4.69, 9.17) is 14.6 Å². The first-order chi connectivity index (χ1) is 11.2. The summed E-state index contributed by atoms with van der Waals surface area (Å²) in [6.07, 6.45) is -4.68. The normalized spacial score (nSPS) is 20.8. The van der Waals surface area contributed by atoms with E-state index in [9.17, 15) is 22.8 Å². The lowest BCUT2D eigenvalue weighted by Crippen LogP contribution is -2.35. The second kappa shape index (κ2) is 6.98. The SMILES string of the molecule is COc1ccccc1OCC(=O)N1C[C@@H](C(F)(F)F)[C@H](C(=O)O)C1. The third-order valence-electron chi connectivity index (χ3n) is 3.83. The van der Waals surface area contributed by atoms with Crippen molar-refractivity contribution in [1.82, 2.24) is 4.90 Å². The maximum Gasteiger partial charge on any atom is 0.394 e. The highest BCUT2D eigenvalue weighted by atomic mass is 19.4. The summed E-state index contributed by atoms with van der Waals surface area (Å²) in [4.78, 5) is 23.9. The Morgan fingerprint density at radius 3 is 2.38 bits per heavy atom. The van der Waals surface area contributed by atoms with Crippen LogP contribution in [-0.2, 0) is 9.59 Å². The molecule has 1 N–H and O–H groups in total. The van der Waals surface area contributed by atoms with Crippen LogP contribution in [0.25, 0.3) is 0 Å². The number of alkyl halides is 3. The average Bonchev–Trinajstić information content (AvgIpc) is 2.98. The fourth-order valence-corrected chi connectivity index (χ4v) is 2.56. The molecule has 0 aromatic heterocycles. The first-order valence-electron chi connectivity index (χ1n) is 7.07. The van der Waals surface area contributed by atoms with Crippen LogP contribution >= 0.6 is 0 Å². The van der Waals surface area contributed by atoms with Crippen LogP contribution in [0.1, 0.15) is 0 Å². The summed E-state index contributed by atoms with van der Waals surface area (Å²) in [7, 11) is 1.41. The summed E-state index contributed by atoms with van der Waals surface area (Å²) in [6.45, 7) is -1.68. The van der Waals surface area contributed by atoms with Crippen LogP contribution in [0.15, 0.2) is 24.3 Å². The Morgan fingerprint density at radius 1 is 1.25 bits per heavy atom. The van der Waals surface area contributed by atoms with E-state index < -0.39 is 49.6 Å². The molecule has 1 aliphatic rings. The molecule has 1 saturated heterocycles. The van der Waals surface area contributed by atoms with E-state index in [-0.39, 0.29) is 5.75 Å². The lowest BCUT2D eigenvalue weighted by molar-refractivity contribution is -0.188. The van der Waals surface area contributed by atoms with Crippen molar-refractivity contribution in [2.45, 2.75) is 6.18 Å². The smallest absolute Gasteiger partial charge is 0.394 e. The van der Waals surface area contributed by atoms with Gasteiger partial charge in [0.05, 0.1) is 18.9 Å². The van der Waals surface area contributed by atoms with Gasteiger partial charge in [0.2, 0.25) is 0 Å². The van der Waals surface area contributed by atoms with Crippen LogP contribution in [-0.4, -0.2) is 54.9 Å². The molecule has 0 aliphatic carbocycles. The number of ether oxygens (including phenoxy) is 2. The number of carbonyl (C=O) groups excluding carboxylic acids is 1.